The number of ether oxygens (including phenoxy) is 1. The molecule has 3 aromatic heterocycles. The number of aliphatic hydroxyl groups is 1. The first-order valence-electron chi connectivity index (χ1n) is 21.2. The molecule has 0 spiro atoms. The van der Waals surface area contributed by atoms with Gasteiger partial charge in [-0.25, -0.2) is 29.9 Å². The van der Waals surface area contributed by atoms with Crippen molar-refractivity contribution < 1.29 is 9.84 Å². The zero-order valence-corrected chi connectivity index (χ0v) is 35.9. The first-order valence-corrected chi connectivity index (χ1v) is 22.0. The van der Waals surface area contributed by atoms with Crippen LogP contribution in [0, 0.1) is 0 Å². The van der Waals surface area contributed by atoms with Crippen molar-refractivity contribution in [3.63, 3.8) is 0 Å². The molecule has 0 bridgehead atoms. The van der Waals surface area contributed by atoms with E-state index < -0.39 is 0 Å². The Balaban J connectivity index is 0.953. The van der Waals surface area contributed by atoms with Crippen LogP contribution >= 0.6 is 11.3 Å². The Bertz CT molecular complexity index is 3270. The van der Waals surface area contributed by atoms with E-state index in [-0.39, 0.29) is 6.61 Å². The Hall–Kier alpha value is -8.24. The summed E-state index contributed by atoms with van der Waals surface area (Å²) in [6, 6.07) is 65.7. The second-order valence-electron chi connectivity index (χ2n) is 15.6. The van der Waals surface area contributed by atoms with Gasteiger partial charge in [0.1, 0.15) is 5.75 Å². The number of methoxy groups -OCH3 is 1. The third-order valence-corrected chi connectivity index (χ3v) is 12.6. The summed E-state index contributed by atoms with van der Waals surface area (Å²) in [4.78, 5) is 29.7. The molecule has 0 aliphatic heterocycles. The maximum atomic E-state index is 9.64. The Labute approximate surface area is 379 Å². The number of aromatic nitrogens is 6. The highest BCUT2D eigenvalue weighted by Crippen LogP contribution is 2.40. The zero-order valence-electron chi connectivity index (χ0n) is 35.1. The summed E-state index contributed by atoms with van der Waals surface area (Å²) in [7, 11) is 1.66. The number of aliphatic hydroxyl groups excluding tert-OH is 1. The van der Waals surface area contributed by atoms with Gasteiger partial charge >= 0.3 is 0 Å². The van der Waals surface area contributed by atoms with E-state index in [9.17, 15) is 5.11 Å². The minimum atomic E-state index is -0.0278. The highest BCUT2D eigenvalue weighted by Gasteiger charge is 2.16. The first kappa shape index (κ1) is 39.6. The van der Waals surface area contributed by atoms with Gasteiger partial charge in [-0.2, -0.15) is 0 Å². The van der Waals surface area contributed by atoms with Crippen molar-refractivity contribution in [1.82, 2.24) is 29.9 Å². The molecule has 0 aliphatic rings. The minimum Gasteiger partial charge on any atom is -0.497 e. The fourth-order valence-electron chi connectivity index (χ4n) is 8.01. The minimum absolute atomic E-state index is 0.0278. The third-order valence-electron chi connectivity index (χ3n) is 11.5. The van der Waals surface area contributed by atoms with Gasteiger partial charge in [-0.05, 0) is 88.5 Å². The second-order valence-corrected chi connectivity index (χ2v) is 16.7. The number of rotatable bonds is 10. The molecule has 0 radical (unpaired) electrons. The molecule has 310 valence electrons. The van der Waals surface area contributed by atoms with Crippen molar-refractivity contribution in [1.29, 1.82) is 0 Å². The van der Waals surface area contributed by atoms with Crippen LogP contribution in [0.5, 0.6) is 5.75 Å². The fraction of sp³-hybridized carbons (Fsp3) is 0.0357. The molecular formula is C56H38N6O2S. The monoisotopic (exact) mass is 858 g/mol. The molecule has 0 saturated carbocycles. The predicted octanol–water partition coefficient (Wildman–Crippen LogP) is 13.3. The van der Waals surface area contributed by atoms with Crippen LogP contribution in [0.1, 0.15) is 5.56 Å². The van der Waals surface area contributed by atoms with E-state index in [0.717, 1.165) is 66.9 Å². The smallest absolute Gasteiger partial charge is 0.164 e. The van der Waals surface area contributed by atoms with E-state index in [0.29, 0.717) is 34.9 Å². The molecule has 1 N–H and O–H groups in total. The van der Waals surface area contributed by atoms with E-state index in [2.05, 4.69) is 78.9 Å². The highest BCUT2D eigenvalue weighted by atomic mass is 32.1. The topological polar surface area (TPSA) is 107 Å². The average molecular weight is 859 g/mol. The molecular weight excluding hydrogens is 821 g/mol. The van der Waals surface area contributed by atoms with Gasteiger partial charge in [0.05, 0.1) is 13.7 Å². The van der Waals surface area contributed by atoms with Gasteiger partial charge < -0.3 is 9.84 Å². The van der Waals surface area contributed by atoms with Crippen molar-refractivity contribution in [3.8, 4) is 96.3 Å². The second kappa shape index (κ2) is 17.1. The van der Waals surface area contributed by atoms with E-state index in [4.69, 9.17) is 34.6 Å². The number of thiophene rings is 1. The number of hydrogen-bond acceptors (Lipinski definition) is 9. The zero-order chi connectivity index (χ0) is 43.7. The largest absolute Gasteiger partial charge is 0.497 e. The lowest BCUT2D eigenvalue weighted by Crippen LogP contribution is -2.00. The molecule has 0 amide bonds. The lowest BCUT2D eigenvalue weighted by atomic mass is 9.98. The summed E-state index contributed by atoms with van der Waals surface area (Å²) in [6.45, 7) is -0.0278. The first-order chi connectivity index (χ1) is 32.0. The van der Waals surface area contributed by atoms with E-state index >= 15 is 0 Å². The van der Waals surface area contributed by atoms with Crippen LogP contribution in [0.3, 0.4) is 0 Å². The summed E-state index contributed by atoms with van der Waals surface area (Å²) < 4.78 is 7.85. The summed E-state index contributed by atoms with van der Waals surface area (Å²) in [5, 5.41) is 12.0. The highest BCUT2D eigenvalue weighted by molar-refractivity contribution is 7.25. The average Bonchev–Trinajstić information content (AvgIpc) is 3.76. The number of fused-ring (bicyclic) bond motifs is 3. The molecule has 0 fully saturated rings. The molecule has 11 rings (SSSR count). The lowest BCUT2D eigenvalue weighted by Gasteiger charge is -2.10. The van der Waals surface area contributed by atoms with Crippen LogP contribution in [-0.4, -0.2) is 42.1 Å². The van der Waals surface area contributed by atoms with Crippen LogP contribution < -0.4 is 4.74 Å². The van der Waals surface area contributed by atoms with Gasteiger partial charge in [-0.1, -0.05) is 133 Å². The number of nitrogens with zero attached hydrogens (tertiary/aromatic N) is 6. The van der Waals surface area contributed by atoms with Gasteiger partial charge in [0, 0.05) is 53.6 Å². The molecule has 8 aromatic carbocycles. The summed E-state index contributed by atoms with van der Waals surface area (Å²) in [6.07, 6.45) is 0. The molecule has 65 heavy (non-hydrogen) atoms. The predicted molar refractivity (Wildman–Crippen MR) is 262 cm³/mol. The van der Waals surface area contributed by atoms with Crippen LogP contribution in [0.15, 0.2) is 194 Å². The third kappa shape index (κ3) is 8.02. The molecule has 0 aliphatic carbocycles. The lowest BCUT2D eigenvalue weighted by molar-refractivity contribution is 0.282. The van der Waals surface area contributed by atoms with Gasteiger partial charge in [0.25, 0.3) is 0 Å². The Morgan fingerprint density at radius 1 is 0.354 bits per heavy atom. The number of hydrogen-bond donors (Lipinski definition) is 1. The maximum absolute atomic E-state index is 9.64. The van der Waals surface area contributed by atoms with Crippen molar-refractivity contribution >= 4 is 31.5 Å². The number of benzene rings is 8. The van der Waals surface area contributed by atoms with Crippen LogP contribution in [0.2, 0.25) is 0 Å². The Kier molecular flexibility index (Phi) is 10.4. The van der Waals surface area contributed by atoms with Gasteiger partial charge in [-0.3, -0.25) is 0 Å². The molecule has 0 atom stereocenters. The fourth-order valence-corrected chi connectivity index (χ4v) is 9.08. The van der Waals surface area contributed by atoms with Crippen molar-refractivity contribution in [2.24, 2.45) is 0 Å². The summed E-state index contributed by atoms with van der Waals surface area (Å²) in [5.74, 6) is 4.32. The molecule has 8 nitrogen and oxygen atoms in total. The van der Waals surface area contributed by atoms with Crippen LogP contribution in [0.4, 0.5) is 0 Å². The van der Waals surface area contributed by atoms with Crippen molar-refractivity contribution in [2.45, 2.75) is 6.61 Å². The molecule has 0 saturated heterocycles. The summed E-state index contributed by atoms with van der Waals surface area (Å²) >= 11 is 1.80. The Morgan fingerprint density at radius 2 is 0.692 bits per heavy atom. The van der Waals surface area contributed by atoms with Crippen molar-refractivity contribution in [2.75, 3.05) is 7.11 Å². The van der Waals surface area contributed by atoms with Gasteiger partial charge in [0.2, 0.25) is 0 Å². The van der Waals surface area contributed by atoms with E-state index in [1.165, 1.54) is 20.2 Å². The standard InChI is InChI=1S/C56H38N6O2S/c1-64-46-26-22-39(23-27-46)54-58-52(37-12-6-3-7-13-37)60-56(62-54)45-17-9-15-41(31-45)43-25-29-50-48(33-43)47-32-42(24-28-49(47)65-50)40-14-8-16-44(30-40)55-59-51(36-10-4-2-5-11-36)57-53(61-55)38-20-18-35(34-63)19-21-38/h2-33,63H,34H2,1H3. The van der Waals surface area contributed by atoms with Gasteiger partial charge in [0.15, 0.2) is 34.9 Å². The summed E-state index contributed by atoms with van der Waals surface area (Å²) in [5.41, 5.74) is 10.5. The molecule has 3 heterocycles. The Morgan fingerprint density at radius 3 is 1.11 bits per heavy atom. The van der Waals surface area contributed by atoms with Gasteiger partial charge in [-0.15, -0.1) is 11.3 Å². The molecule has 9 heteroatoms. The molecule has 11 aromatic rings. The SMILES string of the molecule is COc1ccc(-c2nc(-c3ccccc3)nc(-c3cccc(-c4ccc5sc6ccc(-c7cccc(-c8nc(-c9ccccc9)nc(-c9ccc(CO)cc9)n8)c7)cc6c5c4)c3)n2)cc1. The maximum Gasteiger partial charge on any atom is 0.164 e. The van der Waals surface area contributed by atoms with Crippen LogP contribution in [-0.2, 0) is 6.61 Å². The van der Waals surface area contributed by atoms with Crippen LogP contribution in [0.25, 0.3) is 111 Å². The normalized spacial score (nSPS) is 11.3. The van der Waals surface area contributed by atoms with E-state index in [1.54, 1.807) is 18.4 Å². The van der Waals surface area contributed by atoms with Crippen molar-refractivity contribution in [3.05, 3.63) is 200 Å². The molecule has 0 unspecified atom stereocenters. The van der Waals surface area contributed by atoms with E-state index in [1.807, 2.05) is 115 Å². The quantitative estimate of drug-likeness (QED) is 0.145.